The number of nitrogens with zero attached hydrogens (tertiary/aromatic N) is 1. The monoisotopic (exact) mass is 268 g/mol. The van der Waals surface area contributed by atoms with Gasteiger partial charge in [-0.15, -0.1) is 0 Å². The molecule has 3 heterocycles. The summed E-state index contributed by atoms with van der Waals surface area (Å²) in [6, 6.07) is 1.13. The van der Waals surface area contributed by atoms with Crippen LogP contribution in [0.15, 0.2) is 0 Å². The summed E-state index contributed by atoms with van der Waals surface area (Å²) in [6.45, 7) is 1.70. The van der Waals surface area contributed by atoms with Crippen molar-refractivity contribution in [2.75, 3.05) is 26.4 Å². The number of aliphatic hydroxyl groups is 1. The lowest BCUT2D eigenvalue weighted by molar-refractivity contribution is -0.142. The Morgan fingerprint density at radius 1 is 1.32 bits per heavy atom. The van der Waals surface area contributed by atoms with E-state index in [-0.39, 0.29) is 18.6 Å². The first-order valence-electron chi connectivity index (χ1n) is 7.50. The van der Waals surface area contributed by atoms with Crippen molar-refractivity contribution in [1.82, 2.24) is 10.2 Å². The Morgan fingerprint density at radius 3 is 2.74 bits per heavy atom. The van der Waals surface area contributed by atoms with Crippen LogP contribution in [0.25, 0.3) is 0 Å². The largest absolute Gasteiger partial charge is 0.394 e. The number of hydrogen-bond donors (Lipinski definition) is 2. The molecular formula is C14H24N2O3. The summed E-state index contributed by atoms with van der Waals surface area (Å²) in [7, 11) is 0. The maximum absolute atomic E-state index is 12.4. The lowest BCUT2D eigenvalue weighted by atomic mass is 9.89. The van der Waals surface area contributed by atoms with Gasteiger partial charge >= 0.3 is 0 Å². The van der Waals surface area contributed by atoms with Gasteiger partial charge < -0.3 is 20.1 Å². The third-order valence-corrected chi connectivity index (χ3v) is 4.79. The fraction of sp³-hybridized carbons (Fsp3) is 0.929. The summed E-state index contributed by atoms with van der Waals surface area (Å²) in [5.74, 6) is 0.724. The van der Waals surface area contributed by atoms with Gasteiger partial charge in [-0.3, -0.25) is 4.79 Å². The van der Waals surface area contributed by atoms with E-state index in [1.807, 2.05) is 4.90 Å². The predicted molar refractivity (Wildman–Crippen MR) is 70.7 cm³/mol. The summed E-state index contributed by atoms with van der Waals surface area (Å²) in [4.78, 5) is 14.2. The molecular weight excluding hydrogens is 244 g/mol. The minimum absolute atomic E-state index is 0.00319. The number of fused-ring (bicyclic) bond motifs is 2. The number of nitrogens with one attached hydrogen (secondary N) is 1. The van der Waals surface area contributed by atoms with Crippen LogP contribution in [0, 0.1) is 5.92 Å². The van der Waals surface area contributed by atoms with Crippen LogP contribution in [0.1, 0.15) is 32.1 Å². The summed E-state index contributed by atoms with van der Waals surface area (Å²) in [5.41, 5.74) is 0. The van der Waals surface area contributed by atoms with Gasteiger partial charge in [0, 0.05) is 25.0 Å². The highest BCUT2D eigenvalue weighted by Crippen LogP contribution is 2.33. The van der Waals surface area contributed by atoms with Gasteiger partial charge in [0.05, 0.1) is 25.9 Å². The van der Waals surface area contributed by atoms with E-state index in [0.29, 0.717) is 44.2 Å². The summed E-state index contributed by atoms with van der Waals surface area (Å²) >= 11 is 0. The molecule has 0 radical (unpaired) electrons. The SMILES string of the molecule is O=C(CC1CC2CCC(C1)N2)N1CCOCC1CO. The molecule has 19 heavy (non-hydrogen) atoms. The van der Waals surface area contributed by atoms with Crippen LogP contribution < -0.4 is 5.32 Å². The second kappa shape index (κ2) is 5.77. The molecule has 0 aromatic heterocycles. The molecule has 3 saturated heterocycles. The molecule has 3 unspecified atom stereocenters. The van der Waals surface area contributed by atoms with Gasteiger partial charge in [0.15, 0.2) is 0 Å². The van der Waals surface area contributed by atoms with Gasteiger partial charge in [0.25, 0.3) is 0 Å². The number of ether oxygens (including phenoxy) is 1. The molecule has 1 amide bonds. The second-order valence-electron chi connectivity index (χ2n) is 6.18. The maximum Gasteiger partial charge on any atom is 0.223 e. The number of aliphatic hydroxyl groups excluding tert-OH is 1. The van der Waals surface area contributed by atoms with Gasteiger partial charge in [0.2, 0.25) is 5.91 Å². The van der Waals surface area contributed by atoms with Crippen LogP contribution in [-0.4, -0.2) is 60.4 Å². The molecule has 0 aromatic rings. The van der Waals surface area contributed by atoms with E-state index in [1.165, 1.54) is 12.8 Å². The van der Waals surface area contributed by atoms with Crippen molar-refractivity contribution in [3.05, 3.63) is 0 Å². The van der Waals surface area contributed by atoms with Gasteiger partial charge in [-0.05, 0) is 31.6 Å². The molecule has 0 aliphatic carbocycles. The summed E-state index contributed by atoms with van der Waals surface area (Å²) in [6.07, 6.45) is 5.45. The van der Waals surface area contributed by atoms with Crippen LogP contribution in [0.4, 0.5) is 0 Å². The zero-order valence-electron chi connectivity index (χ0n) is 11.4. The Balaban J connectivity index is 1.55. The Hall–Kier alpha value is -0.650. The van der Waals surface area contributed by atoms with E-state index in [2.05, 4.69) is 5.32 Å². The minimum atomic E-state index is -0.139. The molecule has 3 atom stereocenters. The van der Waals surface area contributed by atoms with Crippen LogP contribution in [0.5, 0.6) is 0 Å². The second-order valence-corrected chi connectivity index (χ2v) is 6.18. The topological polar surface area (TPSA) is 61.8 Å². The first-order chi connectivity index (χ1) is 9.26. The lowest BCUT2D eigenvalue weighted by Gasteiger charge is -2.36. The number of carbonyl (C=O) groups is 1. The molecule has 0 aromatic carbocycles. The van der Waals surface area contributed by atoms with Crippen LogP contribution in [-0.2, 0) is 9.53 Å². The zero-order valence-corrected chi connectivity index (χ0v) is 11.4. The Kier molecular flexibility index (Phi) is 4.05. The van der Waals surface area contributed by atoms with Crippen molar-refractivity contribution in [3.63, 3.8) is 0 Å². The van der Waals surface area contributed by atoms with Gasteiger partial charge in [-0.2, -0.15) is 0 Å². The fourth-order valence-corrected chi connectivity index (χ4v) is 3.84. The van der Waals surface area contributed by atoms with Gasteiger partial charge in [0.1, 0.15) is 0 Å². The van der Waals surface area contributed by atoms with Gasteiger partial charge in [-0.1, -0.05) is 0 Å². The van der Waals surface area contributed by atoms with Crippen molar-refractivity contribution in [3.8, 4) is 0 Å². The minimum Gasteiger partial charge on any atom is -0.394 e. The average molecular weight is 268 g/mol. The molecule has 3 aliphatic heterocycles. The predicted octanol–water partition coefficient (Wildman–Crippen LogP) is 0.127. The van der Waals surface area contributed by atoms with Crippen molar-refractivity contribution in [2.24, 2.45) is 5.92 Å². The molecule has 0 spiro atoms. The third-order valence-electron chi connectivity index (χ3n) is 4.79. The molecule has 3 aliphatic rings. The van der Waals surface area contributed by atoms with E-state index in [4.69, 9.17) is 4.74 Å². The average Bonchev–Trinajstić information content (AvgIpc) is 2.78. The number of piperidine rings is 1. The molecule has 5 heteroatoms. The van der Waals surface area contributed by atoms with Crippen LogP contribution in [0.2, 0.25) is 0 Å². The van der Waals surface area contributed by atoms with Gasteiger partial charge in [-0.25, -0.2) is 0 Å². The van der Waals surface area contributed by atoms with Crippen LogP contribution >= 0.6 is 0 Å². The van der Waals surface area contributed by atoms with E-state index in [0.717, 1.165) is 12.8 Å². The highest BCUT2D eigenvalue weighted by atomic mass is 16.5. The quantitative estimate of drug-likeness (QED) is 0.763. The lowest BCUT2D eigenvalue weighted by Crippen LogP contribution is -2.51. The maximum atomic E-state index is 12.4. The van der Waals surface area contributed by atoms with E-state index in [9.17, 15) is 9.90 Å². The molecule has 2 N–H and O–H groups in total. The number of rotatable bonds is 3. The summed E-state index contributed by atoms with van der Waals surface area (Å²) < 4.78 is 5.32. The van der Waals surface area contributed by atoms with E-state index in [1.54, 1.807) is 0 Å². The van der Waals surface area contributed by atoms with E-state index >= 15 is 0 Å². The molecule has 3 rings (SSSR count). The zero-order chi connectivity index (χ0) is 13.2. The summed E-state index contributed by atoms with van der Waals surface area (Å²) in [5, 5.41) is 12.9. The first-order valence-corrected chi connectivity index (χ1v) is 7.50. The smallest absolute Gasteiger partial charge is 0.223 e. The van der Waals surface area contributed by atoms with Crippen molar-refractivity contribution >= 4 is 5.91 Å². The first kappa shape index (κ1) is 13.3. The van der Waals surface area contributed by atoms with Crippen molar-refractivity contribution in [2.45, 2.75) is 50.2 Å². The van der Waals surface area contributed by atoms with Crippen molar-refractivity contribution < 1.29 is 14.6 Å². The molecule has 108 valence electrons. The third kappa shape index (κ3) is 2.93. The van der Waals surface area contributed by atoms with Crippen LogP contribution in [0.3, 0.4) is 0 Å². The highest BCUT2D eigenvalue weighted by Gasteiger charge is 2.36. The van der Waals surface area contributed by atoms with Crippen molar-refractivity contribution in [1.29, 1.82) is 0 Å². The normalized spacial score (nSPS) is 38.5. The Labute approximate surface area is 114 Å². The molecule has 2 bridgehead atoms. The van der Waals surface area contributed by atoms with E-state index < -0.39 is 0 Å². The number of hydrogen-bond acceptors (Lipinski definition) is 4. The fourth-order valence-electron chi connectivity index (χ4n) is 3.84. The molecule has 3 fully saturated rings. The molecule has 5 nitrogen and oxygen atoms in total. The molecule has 0 saturated carbocycles. The number of amides is 1. The number of carbonyl (C=O) groups excluding carboxylic acids is 1. The number of morpholine rings is 1. The Morgan fingerprint density at radius 2 is 2.05 bits per heavy atom. The standard InChI is InChI=1S/C14H24N2O3/c17-8-13-9-19-4-3-16(13)14(18)7-10-5-11-1-2-12(6-10)15-11/h10-13,15,17H,1-9H2. The Bertz CT molecular complexity index is 325. The highest BCUT2D eigenvalue weighted by molar-refractivity contribution is 5.77.